The number of nitrogens with zero attached hydrogens (tertiary/aromatic N) is 8. The molecule has 8 heteroatoms. The summed E-state index contributed by atoms with van der Waals surface area (Å²) in [4.78, 5) is 13.9. The summed E-state index contributed by atoms with van der Waals surface area (Å²) in [5.41, 5.74) is 4.14. The first-order valence-corrected chi connectivity index (χ1v) is 10.0. The fourth-order valence-electron chi connectivity index (χ4n) is 3.40. The second kappa shape index (κ2) is 7.67. The Bertz CT molecular complexity index is 1240. The van der Waals surface area contributed by atoms with Crippen LogP contribution in [0.3, 0.4) is 0 Å². The predicted octanol–water partition coefficient (Wildman–Crippen LogP) is 3.42. The van der Waals surface area contributed by atoms with E-state index in [0.29, 0.717) is 17.8 Å². The van der Waals surface area contributed by atoms with Crippen LogP contribution in [0.5, 0.6) is 0 Å². The summed E-state index contributed by atoms with van der Waals surface area (Å²) in [5, 5.41) is 18.5. The normalized spacial score (nSPS) is 11.7. The standard InChI is InChI=1S/C22H24N8/c1-5-7-17-18(25-14-29-20(17)27-21(28-29)22(2,3)4)12-16-9-11-26-30(16)19-15(13-23)8-6-10-24-19/h6,8-11,14H,5,7,12H2,1-4H3. The first kappa shape index (κ1) is 19.7. The molecule has 0 amide bonds. The monoisotopic (exact) mass is 400 g/mol. The van der Waals surface area contributed by atoms with Crippen molar-refractivity contribution in [3.63, 3.8) is 0 Å². The van der Waals surface area contributed by atoms with Gasteiger partial charge in [0.15, 0.2) is 17.3 Å². The molecule has 0 atom stereocenters. The SMILES string of the molecule is CCCc1c(Cc2ccnn2-c2ncccc2C#N)ncn2nc(C(C)(C)C)nc12. The number of hydrogen-bond donors (Lipinski definition) is 0. The highest BCUT2D eigenvalue weighted by molar-refractivity contribution is 5.51. The lowest BCUT2D eigenvalue weighted by Crippen LogP contribution is -2.13. The van der Waals surface area contributed by atoms with Crippen LogP contribution in [0, 0.1) is 11.3 Å². The van der Waals surface area contributed by atoms with Gasteiger partial charge in [-0.05, 0) is 24.6 Å². The smallest absolute Gasteiger partial charge is 0.171 e. The molecule has 4 aromatic rings. The molecule has 0 aliphatic carbocycles. The molecule has 152 valence electrons. The van der Waals surface area contributed by atoms with Crippen molar-refractivity contribution in [3.8, 4) is 11.9 Å². The maximum atomic E-state index is 9.44. The Morgan fingerprint density at radius 2 is 1.97 bits per heavy atom. The minimum absolute atomic E-state index is 0.138. The Labute approximate surface area is 175 Å². The van der Waals surface area contributed by atoms with Gasteiger partial charge >= 0.3 is 0 Å². The van der Waals surface area contributed by atoms with Crippen molar-refractivity contribution in [2.45, 2.75) is 52.4 Å². The zero-order chi connectivity index (χ0) is 21.3. The molecule has 4 rings (SSSR count). The van der Waals surface area contributed by atoms with Crippen LogP contribution in [0.4, 0.5) is 0 Å². The summed E-state index contributed by atoms with van der Waals surface area (Å²) in [6.45, 7) is 8.46. The van der Waals surface area contributed by atoms with Crippen molar-refractivity contribution in [1.82, 2.24) is 34.3 Å². The summed E-state index contributed by atoms with van der Waals surface area (Å²) < 4.78 is 3.49. The van der Waals surface area contributed by atoms with Crippen LogP contribution >= 0.6 is 0 Å². The first-order chi connectivity index (χ1) is 14.4. The third kappa shape index (κ3) is 3.54. The van der Waals surface area contributed by atoms with Crippen LogP contribution in [0.2, 0.25) is 0 Å². The molecule has 0 N–H and O–H groups in total. The van der Waals surface area contributed by atoms with Gasteiger partial charge in [-0.1, -0.05) is 34.1 Å². The summed E-state index contributed by atoms with van der Waals surface area (Å²) in [5.74, 6) is 1.33. The number of aromatic nitrogens is 7. The lowest BCUT2D eigenvalue weighted by Gasteiger charge is -2.12. The molecule has 0 aliphatic heterocycles. The number of fused-ring (bicyclic) bond motifs is 1. The average molecular weight is 400 g/mol. The third-order valence-electron chi connectivity index (χ3n) is 4.92. The van der Waals surface area contributed by atoms with Crippen LogP contribution < -0.4 is 0 Å². The molecule has 4 aromatic heterocycles. The van der Waals surface area contributed by atoms with E-state index < -0.39 is 0 Å². The molecule has 0 unspecified atom stereocenters. The summed E-state index contributed by atoms with van der Waals surface area (Å²) in [7, 11) is 0. The van der Waals surface area contributed by atoms with Crippen molar-refractivity contribution < 1.29 is 0 Å². The van der Waals surface area contributed by atoms with E-state index in [1.807, 2.05) is 6.07 Å². The van der Waals surface area contributed by atoms with E-state index in [9.17, 15) is 5.26 Å². The van der Waals surface area contributed by atoms with Gasteiger partial charge in [-0.15, -0.1) is 5.10 Å². The minimum atomic E-state index is -0.138. The molecule has 8 nitrogen and oxygen atoms in total. The van der Waals surface area contributed by atoms with Crippen molar-refractivity contribution in [2.24, 2.45) is 0 Å². The maximum absolute atomic E-state index is 9.44. The number of aryl methyl sites for hydroxylation is 1. The Balaban J connectivity index is 1.80. The Morgan fingerprint density at radius 3 is 2.70 bits per heavy atom. The number of hydrogen-bond acceptors (Lipinski definition) is 6. The third-order valence-corrected chi connectivity index (χ3v) is 4.92. The molecular weight excluding hydrogens is 376 g/mol. The second-order valence-electron chi connectivity index (χ2n) is 8.27. The molecule has 4 heterocycles. The van der Waals surface area contributed by atoms with Crippen LogP contribution in [-0.2, 0) is 18.3 Å². The molecular formula is C22H24N8. The largest absolute Gasteiger partial charge is 0.240 e. The van der Waals surface area contributed by atoms with Gasteiger partial charge in [0.25, 0.3) is 0 Å². The van der Waals surface area contributed by atoms with E-state index >= 15 is 0 Å². The summed E-state index contributed by atoms with van der Waals surface area (Å²) in [6.07, 6.45) is 7.51. The van der Waals surface area contributed by atoms with Gasteiger partial charge in [0.1, 0.15) is 12.4 Å². The molecule has 0 saturated heterocycles. The van der Waals surface area contributed by atoms with E-state index in [1.54, 1.807) is 40.1 Å². The van der Waals surface area contributed by atoms with E-state index in [-0.39, 0.29) is 5.41 Å². The fourth-order valence-corrected chi connectivity index (χ4v) is 3.40. The van der Waals surface area contributed by atoms with Crippen LogP contribution in [0.25, 0.3) is 11.5 Å². The molecule has 0 aromatic carbocycles. The molecule has 0 bridgehead atoms. The zero-order valence-corrected chi connectivity index (χ0v) is 17.7. The Hall–Kier alpha value is -3.60. The highest BCUT2D eigenvalue weighted by Crippen LogP contribution is 2.24. The van der Waals surface area contributed by atoms with Gasteiger partial charge in [-0.3, -0.25) is 0 Å². The molecule has 0 fully saturated rings. The van der Waals surface area contributed by atoms with Gasteiger partial charge in [0.05, 0.1) is 17.0 Å². The Morgan fingerprint density at radius 1 is 1.13 bits per heavy atom. The van der Waals surface area contributed by atoms with Crippen molar-refractivity contribution in [1.29, 1.82) is 5.26 Å². The van der Waals surface area contributed by atoms with Gasteiger partial charge in [0, 0.05) is 29.8 Å². The van der Waals surface area contributed by atoms with E-state index in [0.717, 1.165) is 41.3 Å². The highest BCUT2D eigenvalue weighted by atomic mass is 15.3. The van der Waals surface area contributed by atoms with Gasteiger partial charge in [-0.2, -0.15) is 10.4 Å². The quantitative estimate of drug-likeness (QED) is 0.509. The molecule has 0 spiro atoms. The fraction of sp³-hybridized carbons (Fsp3) is 0.364. The Kier molecular flexibility index (Phi) is 5.04. The summed E-state index contributed by atoms with van der Waals surface area (Å²) in [6, 6.07) is 7.61. The average Bonchev–Trinajstić information content (AvgIpc) is 3.36. The molecule has 0 aliphatic rings. The van der Waals surface area contributed by atoms with E-state index in [2.05, 4.69) is 48.9 Å². The van der Waals surface area contributed by atoms with Crippen LogP contribution in [0.1, 0.15) is 62.5 Å². The second-order valence-corrected chi connectivity index (χ2v) is 8.27. The topological polar surface area (TPSA) is 97.6 Å². The van der Waals surface area contributed by atoms with Gasteiger partial charge in [-0.25, -0.2) is 24.1 Å². The highest BCUT2D eigenvalue weighted by Gasteiger charge is 2.22. The maximum Gasteiger partial charge on any atom is 0.171 e. The van der Waals surface area contributed by atoms with Crippen molar-refractivity contribution in [3.05, 3.63) is 65.3 Å². The van der Waals surface area contributed by atoms with Crippen LogP contribution in [0.15, 0.2) is 36.9 Å². The van der Waals surface area contributed by atoms with Crippen molar-refractivity contribution in [2.75, 3.05) is 0 Å². The van der Waals surface area contributed by atoms with Gasteiger partial charge < -0.3 is 0 Å². The van der Waals surface area contributed by atoms with Crippen molar-refractivity contribution >= 4 is 5.65 Å². The van der Waals surface area contributed by atoms with E-state index in [4.69, 9.17) is 9.97 Å². The minimum Gasteiger partial charge on any atom is -0.240 e. The lowest BCUT2D eigenvalue weighted by molar-refractivity contribution is 0.545. The molecule has 0 radical (unpaired) electrons. The number of nitriles is 1. The number of pyridine rings is 1. The molecule has 30 heavy (non-hydrogen) atoms. The van der Waals surface area contributed by atoms with Crippen LogP contribution in [-0.4, -0.2) is 34.3 Å². The molecule has 0 saturated carbocycles. The number of rotatable bonds is 5. The summed E-state index contributed by atoms with van der Waals surface area (Å²) >= 11 is 0. The predicted molar refractivity (Wildman–Crippen MR) is 112 cm³/mol. The van der Waals surface area contributed by atoms with E-state index in [1.165, 1.54) is 0 Å². The van der Waals surface area contributed by atoms with Gasteiger partial charge in [0.2, 0.25) is 0 Å². The zero-order valence-electron chi connectivity index (χ0n) is 17.7. The lowest BCUT2D eigenvalue weighted by atomic mass is 9.96. The first-order valence-electron chi connectivity index (χ1n) is 10.0.